The molecular weight excluding hydrogens is 389 g/mol. The van der Waals surface area contributed by atoms with Crippen LogP contribution in [0.2, 0.25) is 10.0 Å². The molecule has 1 aromatic heterocycles. The maximum atomic E-state index is 10.6. The molecular formula is C19H17Cl2N3O3. The largest absolute Gasteiger partial charge is 0.460 e. The number of non-ortho nitro benzene ring substituents is 1. The van der Waals surface area contributed by atoms with Crippen LogP contribution in [0.1, 0.15) is 5.76 Å². The Labute approximate surface area is 166 Å². The highest BCUT2D eigenvalue weighted by Gasteiger charge is 2.07. The number of hydrogen-bond acceptors (Lipinski definition) is 5. The molecule has 6 nitrogen and oxygen atoms in total. The third-order valence-corrected chi connectivity index (χ3v) is 4.25. The fraction of sp³-hybridized carbons (Fsp3) is 0.158. The average Bonchev–Trinajstić information content (AvgIpc) is 3.10. The Bertz CT molecular complexity index is 906. The van der Waals surface area contributed by atoms with Crippen LogP contribution in [0.5, 0.6) is 0 Å². The van der Waals surface area contributed by atoms with Crippen LogP contribution in [0.4, 0.5) is 11.4 Å². The zero-order valence-electron chi connectivity index (χ0n) is 14.2. The van der Waals surface area contributed by atoms with Crippen molar-refractivity contribution in [2.24, 2.45) is 0 Å². The summed E-state index contributed by atoms with van der Waals surface area (Å²) in [5.41, 5.74) is 1.74. The Morgan fingerprint density at radius 1 is 0.963 bits per heavy atom. The molecule has 0 saturated carbocycles. The van der Waals surface area contributed by atoms with Crippen LogP contribution in [0.15, 0.2) is 59.0 Å². The molecule has 0 spiro atoms. The van der Waals surface area contributed by atoms with Gasteiger partial charge in [-0.1, -0.05) is 23.2 Å². The van der Waals surface area contributed by atoms with E-state index in [-0.39, 0.29) is 5.69 Å². The zero-order valence-corrected chi connectivity index (χ0v) is 15.8. The van der Waals surface area contributed by atoms with Crippen LogP contribution >= 0.6 is 23.2 Å². The highest BCUT2D eigenvalue weighted by Crippen LogP contribution is 2.28. The van der Waals surface area contributed by atoms with E-state index in [0.717, 1.165) is 17.0 Å². The van der Waals surface area contributed by atoms with Gasteiger partial charge in [0.1, 0.15) is 11.5 Å². The van der Waals surface area contributed by atoms with Crippen molar-refractivity contribution < 1.29 is 9.34 Å². The molecule has 8 heteroatoms. The van der Waals surface area contributed by atoms with E-state index in [1.807, 2.05) is 12.1 Å². The normalized spacial score (nSPS) is 10.7. The lowest BCUT2D eigenvalue weighted by Gasteiger charge is -2.07. The monoisotopic (exact) mass is 405 g/mol. The molecule has 1 heterocycles. The first-order valence-corrected chi connectivity index (χ1v) is 9.01. The molecule has 27 heavy (non-hydrogen) atoms. The zero-order chi connectivity index (χ0) is 19.2. The molecule has 0 fully saturated rings. The van der Waals surface area contributed by atoms with Gasteiger partial charge in [-0.2, -0.15) is 0 Å². The van der Waals surface area contributed by atoms with E-state index in [2.05, 4.69) is 10.6 Å². The molecule has 0 radical (unpaired) electrons. The number of nitro benzene ring substituents is 1. The van der Waals surface area contributed by atoms with Crippen LogP contribution in [-0.4, -0.2) is 18.0 Å². The Morgan fingerprint density at radius 2 is 1.67 bits per heavy atom. The standard InChI is InChI=1S/C19H17Cl2N3O3/c20-14-9-13(10-15(21)11-14)19-6-5-18(27-19)12-22-7-8-23-16-1-3-17(4-2-16)24(25)26/h1-6,9-11,22-23H,7-8,12H2. The van der Waals surface area contributed by atoms with Crippen molar-refractivity contribution in [1.82, 2.24) is 5.32 Å². The van der Waals surface area contributed by atoms with Gasteiger partial charge in [0.05, 0.1) is 11.5 Å². The number of benzene rings is 2. The summed E-state index contributed by atoms with van der Waals surface area (Å²) in [6.07, 6.45) is 0. The van der Waals surface area contributed by atoms with Crippen molar-refractivity contribution in [2.45, 2.75) is 6.54 Å². The van der Waals surface area contributed by atoms with E-state index in [1.165, 1.54) is 12.1 Å². The second-order valence-corrected chi connectivity index (χ2v) is 6.70. The number of anilines is 1. The molecule has 140 valence electrons. The summed E-state index contributed by atoms with van der Waals surface area (Å²) in [5, 5.41) is 18.2. The topological polar surface area (TPSA) is 80.3 Å². The van der Waals surface area contributed by atoms with Gasteiger partial charge < -0.3 is 15.1 Å². The van der Waals surface area contributed by atoms with Gasteiger partial charge in [-0.3, -0.25) is 10.1 Å². The number of hydrogen-bond donors (Lipinski definition) is 2. The number of nitrogens with one attached hydrogen (secondary N) is 2. The third kappa shape index (κ3) is 5.47. The van der Waals surface area contributed by atoms with E-state index in [4.69, 9.17) is 27.6 Å². The van der Waals surface area contributed by atoms with Crippen molar-refractivity contribution in [3.8, 4) is 11.3 Å². The summed E-state index contributed by atoms with van der Waals surface area (Å²) in [6.45, 7) is 1.96. The van der Waals surface area contributed by atoms with Crippen LogP contribution in [0.3, 0.4) is 0 Å². The lowest BCUT2D eigenvalue weighted by atomic mass is 10.2. The lowest BCUT2D eigenvalue weighted by Crippen LogP contribution is -2.21. The smallest absolute Gasteiger partial charge is 0.269 e. The van der Waals surface area contributed by atoms with Gasteiger partial charge in [0.2, 0.25) is 0 Å². The molecule has 0 bridgehead atoms. The highest BCUT2D eigenvalue weighted by molar-refractivity contribution is 6.35. The summed E-state index contributed by atoms with van der Waals surface area (Å²) in [7, 11) is 0. The second-order valence-electron chi connectivity index (χ2n) is 5.83. The average molecular weight is 406 g/mol. The van der Waals surface area contributed by atoms with Crippen molar-refractivity contribution in [3.63, 3.8) is 0 Å². The fourth-order valence-electron chi connectivity index (χ4n) is 2.53. The predicted octanol–water partition coefficient (Wildman–Crippen LogP) is 5.36. The van der Waals surface area contributed by atoms with Gasteiger partial charge >= 0.3 is 0 Å². The minimum absolute atomic E-state index is 0.0771. The van der Waals surface area contributed by atoms with Crippen molar-refractivity contribution in [2.75, 3.05) is 18.4 Å². The Hall–Kier alpha value is -2.54. The molecule has 0 aliphatic rings. The van der Waals surface area contributed by atoms with Gasteiger partial charge in [-0.15, -0.1) is 0 Å². The van der Waals surface area contributed by atoms with Gasteiger partial charge in [0.25, 0.3) is 5.69 Å². The van der Waals surface area contributed by atoms with Gasteiger partial charge in [-0.25, -0.2) is 0 Å². The van der Waals surface area contributed by atoms with Crippen molar-refractivity contribution >= 4 is 34.6 Å². The molecule has 2 aromatic carbocycles. The molecule has 0 amide bonds. The van der Waals surface area contributed by atoms with Crippen LogP contribution in [0, 0.1) is 10.1 Å². The van der Waals surface area contributed by atoms with Crippen molar-refractivity contribution in [1.29, 1.82) is 0 Å². The maximum absolute atomic E-state index is 10.6. The summed E-state index contributed by atoms with van der Waals surface area (Å²) in [5.74, 6) is 1.51. The van der Waals surface area contributed by atoms with Crippen molar-refractivity contribution in [3.05, 3.63) is 80.5 Å². The summed E-state index contributed by atoms with van der Waals surface area (Å²) in [6, 6.07) is 15.4. The van der Waals surface area contributed by atoms with Crippen LogP contribution in [-0.2, 0) is 6.54 Å². The predicted molar refractivity (Wildman–Crippen MR) is 107 cm³/mol. The number of nitrogens with zero attached hydrogens (tertiary/aromatic N) is 1. The van der Waals surface area contributed by atoms with Gasteiger partial charge in [-0.05, 0) is 42.5 Å². The van der Waals surface area contributed by atoms with E-state index in [1.54, 1.807) is 30.3 Å². The molecule has 0 aliphatic heterocycles. The first-order chi connectivity index (χ1) is 13.0. The minimum atomic E-state index is -0.416. The first-order valence-electron chi connectivity index (χ1n) is 8.25. The highest BCUT2D eigenvalue weighted by atomic mass is 35.5. The van der Waals surface area contributed by atoms with E-state index in [9.17, 15) is 10.1 Å². The fourth-order valence-corrected chi connectivity index (χ4v) is 3.06. The Morgan fingerprint density at radius 3 is 2.33 bits per heavy atom. The number of nitro groups is 1. The SMILES string of the molecule is O=[N+]([O-])c1ccc(NCCNCc2ccc(-c3cc(Cl)cc(Cl)c3)o2)cc1. The van der Waals surface area contributed by atoms with E-state index >= 15 is 0 Å². The van der Waals surface area contributed by atoms with E-state index in [0.29, 0.717) is 35.4 Å². The molecule has 0 saturated heterocycles. The van der Waals surface area contributed by atoms with Crippen LogP contribution < -0.4 is 10.6 Å². The first kappa shape index (κ1) is 19.2. The molecule has 0 unspecified atom stereocenters. The maximum Gasteiger partial charge on any atom is 0.269 e. The summed E-state index contributed by atoms with van der Waals surface area (Å²) >= 11 is 12.0. The lowest BCUT2D eigenvalue weighted by molar-refractivity contribution is -0.384. The minimum Gasteiger partial charge on any atom is -0.460 e. The quantitative estimate of drug-likeness (QED) is 0.299. The Kier molecular flexibility index (Phi) is 6.34. The second kappa shape index (κ2) is 8.90. The molecule has 3 aromatic rings. The van der Waals surface area contributed by atoms with Gasteiger partial charge in [0, 0.05) is 46.5 Å². The third-order valence-electron chi connectivity index (χ3n) is 3.82. The summed E-state index contributed by atoms with van der Waals surface area (Å²) < 4.78 is 5.82. The number of rotatable bonds is 8. The van der Waals surface area contributed by atoms with Crippen LogP contribution in [0.25, 0.3) is 11.3 Å². The van der Waals surface area contributed by atoms with E-state index < -0.39 is 4.92 Å². The molecule has 0 aliphatic carbocycles. The number of halogens is 2. The molecule has 3 rings (SSSR count). The number of furan rings is 1. The Balaban J connectivity index is 1.44. The summed E-state index contributed by atoms with van der Waals surface area (Å²) in [4.78, 5) is 10.2. The molecule has 0 atom stereocenters. The molecule has 2 N–H and O–H groups in total. The van der Waals surface area contributed by atoms with Gasteiger partial charge in [0.15, 0.2) is 0 Å².